The van der Waals surface area contributed by atoms with Crippen LogP contribution >= 0.6 is 0 Å². The van der Waals surface area contributed by atoms with Gasteiger partial charge < -0.3 is 25.7 Å². The molecular formula is C14H27FN2O4. The Kier molecular flexibility index (Phi) is 8.31. The first-order valence-corrected chi connectivity index (χ1v) is 7.36. The molecule has 0 radical (unpaired) electrons. The highest BCUT2D eigenvalue weighted by atomic mass is 19.1. The van der Waals surface area contributed by atoms with Crippen molar-refractivity contribution in [3.05, 3.63) is 12.7 Å². The fourth-order valence-corrected chi connectivity index (χ4v) is 2.59. The van der Waals surface area contributed by atoms with E-state index in [1.165, 1.54) is 0 Å². The van der Waals surface area contributed by atoms with Gasteiger partial charge in [-0.3, -0.25) is 4.90 Å². The molecule has 0 aromatic heterocycles. The van der Waals surface area contributed by atoms with Crippen LogP contribution in [0.15, 0.2) is 12.7 Å². The smallest absolute Gasteiger partial charge is 0.141 e. The Morgan fingerprint density at radius 1 is 1.33 bits per heavy atom. The summed E-state index contributed by atoms with van der Waals surface area (Å²) < 4.78 is 13.8. The zero-order valence-corrected chi connectivity index (χ0v) is 12.2. The summed E-state index contributed by atoms with van der Waals surface area (Å²) in [5, 5.41) is 39.8. The minimum atomic E-state index is -1.73. The highest BCUT2D eigenvalue weighted by Crippen LogP contribution is 2.16. The van der Waals surface area contributed by atoms with Gasteiger partial charge in [0.1, 0.15) is 24.5 Å². The summed E-state index contributed by atoms with van der Waals surface area (Å²) in [5.74, 6) is 0. The van der Waals surface area contributed by atoms with Crippen LogP contribution in [0.4, 0.5) is 4.39 Å². The van der Waals surface area contributed by atoms with Crippen molar-refractivity contribution >= 4 is 0 Å². The van der Waals surface area contributed by atoms with Crippen molar-refractivity contribution in [2.24, 2.45) is 0 Å². The van der Waals surface area contributed by atoms with Gasteiger partial charge in [-0.1, -0.05) is 6.08 Å². The lowest BCUT2D eigenvalue weighted by Gasteiger charge is -2.26. The number of hydrogen-bond acceptors (Lipinski definition) is 6. The Morgan fingerprint density at radius 2 is 2.05 bits per heavy atom. The summed E-state index contributed by atoms with van der Waals surface area (Å²) in [6.45, 7) is 5.27. The Balaban J connectivity index is 2.29. The number of alkyl halides is 1. The van der Waals surface area contributed by atoms with Crippen LogP contribution in [0, 0.1) is 0 Å². The van der Waals surface area contributed by atoms with Gasteiger partial charge in [0.15, 0.2) is 0 Å². The summed E-state index contributed by atoms with van der Waals surface area (Å²) in [7, 11) is 0. The molecule has 0 bridgehead atoms. The van der Waals surface area contributed by atoms with E-state index in [4.69, 9.17) is 5.11 Å². The van der Waals surface area contributed by atoms with E-state index < -0.39 is 31.1 Å². The maximum absolute atomic E-state index is 13.8. The van der Waals surface area contributed by atoms with Gasteiger partial charge in [0, 0.05) is 25.7 Å². The van der Waals surface area contributed by atoms with Crippen LogP contribution in [0.2, 0.25) is 0 Å². The van der Waals surface area contributed by atoms with Gasteiger partial charge in [0.25, 0.3) is 0 Å². The van der Waals surface area contributed by atoms with Gasteiger partial charge in [-0.25, -0.2) is 4.39 Å². The normalized spacial score (nSPS) is 25.5. The van der Waals surface area contributed by atoms with Crippen molar-refractivity contribution in [2.45, 2.75) is 43.4 Å². The van der Waals surface area contributed by atoms with Crippen molar-refractivity contribution in [3.8, 4) is 0 Å². The quantitative estimate of drug-likeness (QED) is 0.320. The number of rotatable bonds is 10. The van der Waals surface area contributed by atoms with Gasteiger partial charge in [-0.05, 0) is 19.4 Å². The minimum absolute atomic E-state index is 0.116. The zero-order valence-electron chi connectivity index (χ0n) is 12.2. The lowest BCUT2D eigenvalue weighted by Crippen LogP contribution is -2.48. The predicted molar refractivity (Wildman–Crippen MR) is 77.7 cm³/mol. The lowest BCUT2D eigenvalue weighted by atomic mass is 10.0. The molecule has 1 saturated heterocycles. The van der Waals surface area contributed by atoms with E-state index in [2.05, 4.69) is 16.8 Å². The van der Waals surface area contributed by atoms with E-state index in [1.54, 1.807) is 0 Å². The SMILES string of the molecule is C=CCN1CCCC1CNCC(F)C(O)C(O)C(O)CO. The Hall–Kier alpha value is -0.570. The Morgan fingerprint density at radius 3 is 2.67 bits per heavy atom. The van der Waals surface area contributed by atoms with E-state index >= 15 is 0 Å². The standard InChI is InChI=1S/C14H27FN2O4/c1-2-5-17-6-3-4-10(17)7-16-8-11(15)13(20)14(21)12(19)9-18/h2,10-14,16,18-21H,1,3-9H2. The zero-order chi connectivity index (χ0) is 15.8. The fourth-order valence-electron chi connectivity index (χ4n) is 2.59. The van der Waals surface area contributed by atoms with Crippen LogP contribution in [0.3, 0.4) is 0 Å². The molecule has 0 aliphatic carbocycles. The van der Waals surface area contributed by atoms with Gasteiger partial charge in [0.05, 0.1) is 6.61 Å². The van der Waals surface area contributed by atoms with Gasteiger partial charge in [-0.2, -0.15) is 0 Å². The second-order valence-electron chi connectivity index (χ2n) is 5.49. The van der Waals surface area contributed by atoms with E-state index in [9.17, 15) is 19.7 Å². The third kappa shape index (κ3) is 5.61. The number of aliphatic hydroxyl groups is 4. The molecule has 7 heteroatoms. The second kappa shape index (κ2) is 9.45. The molecule has 1 fully saturated rings. The molecule has 0 amide bonds. The molecule has 0 spiro atoms. The number of nitrogens with one attached hydrogen (secondary N) is 1. The first-order valence-electron chi connectivity index (χ1n) is 7.36. The molecule has 21 heavy (non-hydrogen) atoms. The second-order valence-corrected chi connectivity index (χ2v) is 5.49. The van der Waals surface area contributed by atoms with Crippen LogP contribution in [0.1, 0.15) is 12.8 Å². The van der Waals surface area contributed by atoms with E-state index in [0.717, 1.165) is 25.9 Å². The summed E-state index contributed by atoms with van der Waals surface area (Å²) >= 11 is 0. The molecule has 1 rings (SSSR count). The van der Waals surface area contributed by atoms with Crippen LogP contribution in [-0.2, 0) is 0 Å². The summed E-state index contributed by atoms with van der Waals surface area (Å²) in [5.41, 5.74) is 0. The van der Waals surface area contributed by atoms with Gasteiger partial charge >= 0.3 is 0 Å². The molecule has 5 unspecified atom stereocenters. The minimum Gasteiger partial charge on any atom is -0.394 e. The average molecular weight is 306 g/mol. The van der Waals surface area contributed by atoms with E-state index in [-0.39, 0.29) is 6.54 Å². The largest absolute Gasteiger partial charge is 0.394 e. The summed E-state index contributed by atoms with van der Waals surface area (Å²) in [6, 6.07) is 0.320. The molecule has 1 aliphatic rings. The predicted octanol–water partition coefficient (Wildman–Crippen LogP) is -1.36. The number of aliphatic hydroxyl groups excluding tert-OH is 4. The molecule has 5 N–H and O–H groups in total. The maximum atomic E-state index is 13.8. The molecule has 1 heterocycles. The van der Waals surface area contributed by atoms with Crippen molar-refractivity contribution in [3.63, 3.8) is 0 Å². The van der Waals surface area contributed by atoms with E-state index in [0.29, 0.717) is 12.6 Å². The molecule has 0 saturated carbocycles. The number of nitrogens with zero attached hydrogens (tertiary/aromatic N) is 1. The molecule has 0 aromatic rings. The maximum Gasteiger partial charge on any atom is 0.141 e. The van der Waals surface area contributed by atoms with Crippen molar-refractivity contribution in [2.75, 3.05) is 32.8 Å². The molecule has 124 valence electrons. The topological polar surface area (TPSA) is 96.2 Å². The summed E-state index contributed by atoms with van der Waals surface area (Å²) in [4.78, 5) is 2.26. The van der Waals surface area contributed by atoms with Gasteiger partial charge in [-0.15, -0.1) is 6.58 Å². The number of hydrogen-bond donors (Lipinski definition) is 5. The monoisotopic (exact) mass is 306 g/mol. The van der Waals surface area contributed by atoms with Crippen LogP contribution in [-0.4, -0.2) is 88.6 Å². The molecule has 6 nitrogen and oxygen atoms in total. The highest BCUT2D eigenvalue weighted by Gasteiger charge is 2.31. The lowest BCUT2D eigenvalue weighted by molar-refractivity contribution is -0.0986. The third-order valence-electron chi connectivity index (χ3n) is 3.88. The Bertz CT molecular complexity index is 309. The number of likely N-dealkylation sites (tertiary alicyclic amines) is 1. The summed E-state index contributed by atoms with van der Waals surface area (Å²) in [6.07, 6.45) is -2.71. The molecule has 1 aliphatic heterocycles. The number of halogens is 1. The molecular weight excluding hydrogens is 279 g/mol. The Labute approximate surface area is 124 Å². The van der Waals surface area contributed by atoms with Crippen LogP contribution in [0.5, 0.6) is 0 Å². The highest BCUT2D eigenvalue weighted by molar-refractivity contribution is 4.87. The van der Waals surface area contributed by atoms with Crippen molar-refractivity contribution in [1.29, 1.82) is 0 Å². The van der Waals surface area contributed by atoms with Crippen molar-refractivity contribution in [1.82, 2.24) is 10.2 Å². The van der Waals surface area contributed by atoms with Crippen LogP contribution in [0.25, 0.3) is 0 Å². The first-order chi connectivity index (χ1) is 10.0. The van der Waals surface area contributed by atoms with E-state index in [1.807, 2.05) is 6.08 Å². The van der Waals surface area contributed by atoms with Gasteiger partial charge in [0.2, 0.25) is 0 Å². The first kappa shape index (κ1) is 18.5. The molecule has 5 atom stereocenters. The van der Waals surface area contributed by atoms with Crippen molar-refractivity contribution < 1.29 is 24.8 Å². The third-order valence-corrected chi connectivity index (χ3v) is 3.88. The average Bonchev–Trinajstić information content (AvgIpc) is 2.92. The molecule has 0 aromatic carbocycles. The fraction of sp³-hybridized carbons (Fsp3) is 0.857. The van der Waals surface area contributed by atoms with Crippen LogP contribution < -0.4 is 5.32 Å².